The van der Waals surface area contributed by atoms with Crippen molar-refractivity contribution in [2.24, 2.45) is 0 Å². The quantitative estimate of drug-likeness (QED) is 0.908. The van der Waals surface area contributed by atoms with Crippen molar-refractivity contribution in [2.45, 2.75) is 13.5 Å². The van der Waals surface area contributed by atoms with Gasteiger partial charge < -0.3 is 10.1 Å². The number of hydrogen-bond donors (Lipinski definition) is 1. The highest BCUT2D eigenvalue weighted by Gasteiger charge is 2.09. The monoisotopic (exact) mass is 298 g/mol. The number of pyridine rings is 1. The minimum atomic E-state index is -0.529. The van der Waals surface area contributed by atoms with Crippen molar-refractivity contribution < 1.29 is 13.5 Å². The van der Waals surface area contributed by atoms with Crippen LogP contribution in [0.5, 0.6) is 11.6 Å². The molecule has 6 heteroatoms. The Bertz CT molecular complexity index is 608. The van der Waals surface area contributed by atoms with Crippen molar-refractivity contribution in [3.63, 3.8) is 0 Å². The molecule has 0 atom stereocenters. The van der Waals surface area contributed by atoms with E-state index in [2.05, 4.69) is 10.3 Å². The van der Waals surface area contributed by atoms with Crippen LogP contribution >= 0.6 is 11.6 Å². The van der Waals surface area contributed by atoms with Crippen LogP contribution in [0.25, 0.3) is 0 Å². The van der Waals surface area contributed by atoms with Crippen molar-refractivity contribution in [3.05, 3.63) is 52.7 Å². The third-order valence-electron chi connectivity index (χ3n) is 2.56. The lowest BCUT2D eigenvalue weighted by molar-refractivity contribution is 0.447. The lowest BCUT2D eigenvalue weighted by Gasteiger charge is -2.10. The van der Waals surface area contributed by atoms with Crippen LogP contribution in [-0.2, 0) is 6.54 Å². The number of rotatable bonds is 5. The summed E-state index contributed by atoms with van der Waals surface area (Å²) in [6.45, 7) is 3.09. The molecule has 106 valence electrons. The standard InChI is InChI=1S/C14H13ClF2N2O/c1-2-18-7-9-5-10(16)8-19-14(9)20-11-3-4-13(17)12(15)6-11/h3-6,8,18H,2,7H2,1H3. The Morgan fingerprint density at radius 1 is 1.30 bits per heavy atom. The molecule has 3 nitrogen and oxygen atoms in total. The first-order valence-electron chi connectivity index (χ1n) is 6.08. The zero-order valence-electron chi connectivity index (χ0n) is 10.8. The molecular weight excluding hydrogens is 286 g/mol. The van der Waals surface area contributed by atoms with Gasteiger partial charge in [0.1, 0.15) is 17.4 Å². The average Bonchev–Trinajstić information content (AvgIpc) is 2.43. The zero-order valence-corrected chi connectivity index (χ0v) is 11.5. The van der Waals surface area contributed by atoms with Crippen LogP contribution in [0.2, 0.25) is 5.02 Å². The lowest BCUT2D eigenvalue weighted by Crippen LogP contribution is -2.13. The Kier molecular flexibility index (Phi) is 4.87. The third kappa shape index (κ3) is 3.65. The number of hydrogen-bond acceptors (Lipinski definition) is 3. The number of nitrogens with one attached hydrogen (secondary N) is 1. The normalized spacial score (nSPS) is 10.6. The summed E-state index contributed by atoms with van der Waals surface area (Å²) in [7, 11) is 0. The number of nitrogens with zero attached hydrogens (tertiary/aromatic N) is 1. The summed E-state index contributed by atoms with van der Waals surface area (Å²) in [5, 5.41) is 3.02. The molecule has 0 unspecified atom stereocenters. The maximum atomic E-state index is 13.2. The summed E-state index contributed by atoms with van der Waals surface area (Å²) in [6, 6.07) is 5.32. The highest BCUT2D eigenvalue weighted by atomic mass is 35.5. The van der Waals surface area contributed by atoms with E-state index in [-0.39, 0.29) is 10.9 Å². The highest BCUT2D eigenvalue weighted by molar-refractivity contribution is 6.30. The summed E-state index contributed by atoms with van der Waals surface area (Å²) < 4.78 is 31.8. The second kappa shape index (κ2) is 6.63. The van der Waals surface area contributed by atoms with Gasteiger partial charge in [0.05, 0.1) is 11.2 Å². The molecular formula is C14H13ClF2N2O. The van der Waals surface area contributed by atoms with E-state index in [1.165, 1.54) is 24.3 Å². The third-order valence-corrected chi connectivity index (χ3v) is 2.85. The molecule has 0 aliphatic heterocycles. The Labute approximate surface area is 120 Å². The molecule has 0 fully saturated rings. The van der Waals surface area contributed by atoms with Gasteiger partial charge in [0.25, 0.3) is 0 Å². The van der Waals surface area contributed by atoms with E-state index < -0.39 is 11.6 Å². The van der Waals surface area contributed by atoms with Gasteiger partial charge in [-0.3, -0.25) is 0 Å². The first-order valence-corrected chi connectivity index (χ1v) is 6.46. The Balaban J connectivity index is 2.25. The van der Waals surface area contributed by atoms with Gasteiger partial charge in [-0.05, 0) is 24.7 Å². The molecule has 1 aromatic carbocycles. The maximum Gasteiger partial charge on any atom is 0.223 e. The van der Waals surface area contributed by atoms with Gasteiger partial charge in [0.2, 0.25) is 5.88 Å². The van der Waals surface area contributed by atoms with Crippen LogP contribution in [0.3, 0.4) is 0 Å². The summed E-state index contributed by atoms with van der Waals surface area (Å²) in [5.74, 6) is -0.371. The van der Waals surface area contributed by atoms with Crippen LogP contribution < -0.4 is 10.1 Å². The fourth-order valence-electron chi connectivity index (χ4n) is 1.60. The predicted octanol–water partition coefficient (Wildman–Crippen LogP) is 3.92. The van der Waals surface area contributed by atoms with Crippen molar-refractivity contribution >= 4 is 11.6 Å². The number of ether oxygens (including phenoxy) is 1. The van der Waals surface area contributed by atoms with Crippen LogP contribution in [0.1, 0.15) is 12.5 Å². The lowest BCUT2D eigenvalue weighted by atomic mass is 10.2. The fraction of sp³-hybridized carbons (Fsp3) is 0.214. The van der Waals surface area contributed by atoms with E-state index in [9.17, 15) is 8.78 Å². The van der Waals surface area contributed by atoms with Crippen LogP contribution in [0.4, 0.5) is 8.78 Å². The molecule has 2 rings (SSSR count). The van der Waals surface area contributed by atoms with Gasteiger partial charge in [-0.15, -0.1) is 0 Å². The van der Waals surface area contributed by atoms with E-state index in [1.54, 1.807) is 0 Å². The zero-order chi connectivity index (χ0) is 14.5. The molecule has 0 saturated carbocycles. The number of aromatic nitrogens is 1. The topological polar surface area (TPSA) is 34.2 Å². The predicted molar refractivity (Wildman–Crippen MR) is 73.1 cm³/mol. The SMILES string of the molecule is CCNCc1cc(F)cnc1Oc1ccc(F)c(Cl)c1. The molecule has 0 bridgehead atoms. The van der Waals surface area contributed by atoms with Gasteiger partial charge in [-0.2, -0.15) is 0 Å². The Morgan fingerprint density at radius 2 is 2.10 bits per heavy atom. The molecule has 1 aromatic heterocycles. The van der Waals surface area contributed by atoms with Crippen LogP contribution in [0, 0.1) is 11.6 Å². The maximum absolute atomic E-state index is 13.2. The Morgan fingerprint density at radius 3 is 2.80 bits per heavy atom. The smallest absolute Gasteiger partial charge is 0.223 e. The molecule has 0 aliphatic carbocycles. The minimum Gasteiger partial charge on any atom is -0.439 e. The van der Waals surface area contributed by atoms with E-state index in [0.29, 0.717) is 17.9 Å². The molecule has 2 aromatic rings. The van der Waals surface area contributed by atoms with E-state index in [4.69, 9.17) is 16.3 Å². The average molecular weight is 299 g/mol. The van der Waals surface area contributed by atoms with E-state index in [0.717, 1.165) is 12.7 Å². The Hall–Kier alpha value is -1.72. The largest absolute Gasteiger partial charge is 0.439 e. The molecule has 1 N–H and O–H groups in total. The summed E-state index contributed by atoms with van der Waals surface area (Å²) >= 11 is 5.68. The minimum absolute atomic E-state index is 0.0437. The molecule has 0 radical (unpaired) electrons. The van der Waals surface area contributed by atoms with E-state index in [1.807, 2.05) is 6.92 Å². The van der Waals surface area contributed by atoms with Gasteiger partial charge in [0, 0.05) is 18.2 Å². The molecule has 0 amide bonds. The molecule has 0 aliphatic rings. The van der Waals surface area contributed by atoms with Gasteiger partial charge >= 0.3 is 0 Å². The second-order valence-electron chi connectivity index (χ2n) is 4.08. The van der Waals surface area contributed by atoms with E-state index >= 15 is 0 Å². The van der Waals surface area contributed by atoms with Crippen molar-refractivity contribution in [2.75, 3.05) is 6.54 Å². The first kappa shape index (κ1) is 14.7. The van der Waals surface area contributed by atoms with Gasteiger partial charge in [-0.1, -0.05) is 18.5 Å². The first-order chi connectivity index (χ1) is 9.60. The fourth-order valence-corrected chi connectivity index (χ4v) is 1.77. The second-order valence-corrected chi connectivity index (χ2v) is 4.48. The molecule has 0 saturated heterocycles. The van der Waals surface area contributed by atoms with Crippen LogP contribution in [0.15, 0.2) is 30.5 Å². The van der Waals surface area contributed by atoms with Crippen molar-refractivity contribution in [1.29, 1.82) is 0 Å². The number of benzene rings is 1. The highest BCUT2D eigenvalue weighted by Crippen LogP contribution is 2.27. The summed E-state index contributed by atoms with van der Waals surface area (Å²) in [5.41, 5.74) is 0.576. The number of halogens is 3. The van der Waals surface area contributed by atoms with Crippen molar-refractivity contribution in [3.8, 4) is 11.6 Å². The summed E-state index contributed by atoms with van der Waals surface area (Å²) in [6.07, 6.45) is 1.07. The summed E-state index contributed by atoms with van der Waals surface area (Å²) in [4.78, 5) is 3.90. The van der Waals surface area contributed by atoms with Crippen LogP contribution in [-0.4, -0.2) is 11.5 Å². The molecule has 0 spiro atoms. The molecule has 20 heavy (non-hydrogen) atoms. The van der Waals surface area contributed by atoms with Gasteiger partial charge in [0.15, 0.2) is 0 Å². The van der Waals surface area contributed by atoms with Crippen molar-refractivity contribution in [1.82, 2.24) is 10.3 Å². The van der Waals surface area contributed by atoms with Gasteiger partial charge in [-0.25, -0.2) is 13.8 Å². The molecule has 1 heterocycles.